The van der Waals surface area contributed by atoms with Gasteiger partial charge >= 0.3 is 170 Å². The van der Waals surface area contributed by atoms with Crippen molar-refractivity contribution in [2.24, 2.45) is 5.92 Å². The van der Waals surface area contributed by atoms with E-state index < -0.39 is 22.8 Å². The Labute approximate surface area is 193 Å². The standard InChI is InChI=1S/C22H21.C3H6.2ClH.Zr/c1-13-14(2)16(4)22(15(13)3)18-9-10-21-19(12-18)11-17-7-5-6-8-20(17)21;1-3-2;;;/h5-10,15H,11H2,1-4H3;1-2H3;2*1H;. The van der Waals surface area contributed by atoms with Crippen LogP contribution in [-0.4, -0.2) is 3.21 Å². The van der Waals surface area contributed by atoms with E-state index in [-0.39, 0.29) is 24.8 Å². The summed E-state index contributed by atoms with van der Waals surface area (Å²) in [6.45, 7) is 14.0. The molecule has 0 bridgehead atoms. The van der Waals surface area contributed by atoms with E-state index >= 15 is 0 Å². The number of halogens is 2. The van der Waals surface area contributed by atoms with E-state index in [1.807, 2.05) is 0 Å². The molecular weight excluding hydrogens is 462 g/mol. The third-order valence-corrected chi connectivity index (χ3v) is 9.54. The van der Waals surface area contributed by atoms with E-state index in [0.717, 1.165) is 6.42 Å². The fourth-order valence-corrected chi connectivity index (χ4v) is 7.64. The predicted octanol–water partition coefficient (Wildman–Crippen LogP) is 6.78. The minimum atomic E-state index is -0.720. The Balaban J connectivity index is 0.00000140. The van der Waals surface area contributed by atoms with Gasteiger partial charge in [-0.15, -0.1) is 24.8 Å². The average Bonchev–Trinajstić information content (AvgIpc) is 3.08. The van der Waals surface area contributed by atoms with Gasteiger partial charge in [-0.2, -0.15) is 0 Å². The van der Waals surface area contributed by atoms with E-state index in [9.17, 15) is 0 Å². The largest absolute Gasteiger partial charge is 0.147 e. The summed E-state index contributed by atoms with van der Waals surface area (Å²) in [6, 6.07) is 13.8. The second-order valence-corrected chi connectivity index (χ2v) is 12.3. The zero-order valence-corrected chi connectivity index (χ0v) is 21.7. The van der Waals surface area contributed by atoms with Gasteiger partial charge in [0.15, 0.2) is 0 Å². The molecule has 0 spiro atoms. The quantitative estimate of drug-likeness (QED) is 0.371. The van der Waals surface area contributed by atoms with E-state index in [1.54, 1.807) is 28.8 Å². The Morgan fingerprint density at radius 2 is 1.50 bits per heavy atom. The van der Waals surface area contributed by atoms with Crippen LogP contribution in [0.3, 0.4) is 0 Å². The summed E-state index contributed by atoms with van der Waals surface area (Å²) in [5.74, 6) is 0.548. The molecule has 0 fully saturated rings. The van der Waals surface area contributed by atoms with E-state index in [0.29, 0.717) is 5.92 Å². The summed E-state index contributed by atoms with van der Waals surface area (Å²) >= 11 is -0.720. The maximum atomic E-state index is 2.45. The van der Waals surface area contributed by atoms with Crippen molar-refractivity contribution < 1.29 is 22.8 Å². The van der Waals surface area contributed by atoms with Crippen LogP contribution in [0.5, 0.6) is 0 Å². The topological polar surface area (TPSA) is 0 Å². The molecule has 3 heteroatoms. The maximum absolute atomic E-state index is 2.45. The van der Waals surface area contributed by atoms with Crippen molar-refractivity contribution >= 4 is 36.9 Å². The first-order valence-electron chi connectivity index (χ1n) is 9.60. The van der Waals surface area contributed by atoms with Crippen molar-refractivity contribution in [3.63, 3.8) is 0 Å². The predicted molar refractivity (Wildman–Crippen MR) is 125 cm³/mol. The average molecular weight is 492 g/mol. The molecule has 0 saturated heterocycles. The third kappa shape index (κ3) is 3.71. The molecule has 0 heterocycles. The smallest absolute Gasteiger partial charge is 0.147 e. The first-order valence-corrected chi connectivity index (χ1v) is 12.1. The zero-order valence-electron chi connectivity index (χ0n) is 17.6. The molecule has 2 aromatic rings. The van der Waals surface area contributed by atoms with Crippen molar-refractivity contribution in [2.75, 3.05) is 0 Å². The van der Waals surface area contributed by atoms with E-state index in [1.165, 1.54) is 27.8 Å². The molecule has 28 heavy (non-hydrogen) atoms. The van der Waals surface area contributed by atoms with Gasteiger partial charge in [0.05, 0.1) is 0 Å². The van der Waals surface area contributed by atoms with Gasteiger partial charge in [-0.05, 0) is 0 Å². The van der Waals surface area contributed by atoms with Gasteiger partial charge in [-0.3, -0.25) is 0 Å². The van der Waals surface area contributed by atoms with Crippen molar-refractivity contribution in [2.45, 2.75) is 48.0 Å². The summed E-state index contributed by atoms with van der Waals surface area (Å²) < 4.78 is 3.38. The van der Waals surface area contributed by atoms with Gasteiger partial charge in [0.2, 0.25) is 0 Å². The first-order chi connectivity index (χ1) is 12.4. The third-order valence-electron chi connectivity index (χ3n) is 6.29. The molecule has 0 aliphatic heterocycles. The van der Waals surface area contributed by atoms with Crippen LogP contribution in [0.15, 0.2) is 53.1 Å². The molecule has 0 radical (unpaired) electrons. The zero-order chi connectivity index (χ0) is 18.6. The molecule has 2 aliphatic rings. The molecule has 0 saturated carbocycles. The number of hydrogen-bond donors (Lipinski definition) is 0. The normalized spacial score (nSPS) is 16.9. The summed E-state index contributed by atoms with van der Waals surface area (Å²) in [5.41, 5.74) is 13.8. The summed E-state index contributed by atoms with van der Waals surface area (Å²) in [6.07, 6.45) is 1.12. The van der Waals surface area contributed by atoms with Crippen LogP contribution >= 0.6 is 24.8 Å². The molecule has 2 aliphatic carbocycles. The SMILES string of the molecule is C[C](C)=[Zr][c]1c(C2=C(C)C(C)=C(C)C2C)ccc2c1Cc1ccccc1-2.Cl.Cl. The second-order valence-electron chi connectivity index (χ2n) is 8.04. The molecule has 0 nitrogen and oxygen atoms in total. The molecule has 1 unspecified atom stereocenters. The number of rotatable bonds is 2. The van der Waals surface area contributed by atoms with Crippen LogP contribution < -0.4 is 3.27 Å². The monoisotopic (exact) mass is 489 g/mol. The van der Waals surface area contributed by atoms with Gasteiger partial charge in [-0.1, -0.05) is 0 Å². The van der Waals surface area contributed by atoms with Gasteiger partial charge < -0.3 is 0 Å². The van der Waals surface area contributed by atoms with Gasteiger partial charge in [-0.25, -0.2) is 0 Å². The number of fused-ring (bicyclic) bond motifs is 3. The Hall–Kier alpha value is -0.747. The molecule has 0 aromatic heterocycles. The van der Waals surface area contributed by atoms with Gasteiger partial charge in [0.25, 0.3) is 0 Å². The van der Waals surface area contributed by atoms with Gasteiger partial charge in [0, 0.05) is 0 Å². The van der Waals surface area contributed by atoms with Crippen molar-refractivity contribution in [1.29, 1.82) is 0 Å². The van der Waals surface area contributed by atoms with Crippen LogP contribution in [0.2, 0.25) is 0 Å². The molecular formula is C25H29Cl2Zr. The summed E-state index contributed by atoms with van der Waals surface area (Å²) in [5, 5.41) is 0. The van der Waals surface area contributed by atoms with E-state index in [4.69, 9.17) is 0 Å². The number of hydrogen-bond acceptors (Lipinski definition) is 0. The molecule has 0 amide bonds. The Bertz CT molecular complexity index is 1020. The Kier molecular flexibility index (Phi) is 7.52. The fourth-order valence-electron chi connectivity index (χ4n) is 4.63. The molecule has 0 N–H and O–H groups in total. The first kappa shape index (κ1) is 23.5. The van der Waals surface area contributed by atoms with Gasteiger partial charge in [0.1, 0.15) is 0 Å². The minimum absolute atomic E-state index is 0. The number of benzene rings is 2. The van der Waals surface area contributed by atoms with Crippen LogP contribution in [0.25, 0.3) is 16.7 Å². The van der Waals surface area contributed by atoms with Crippen LogP contribution in [0.4, 0.5) is 0 Å². The van der Waals surface area contributed by atoms with Crippen molar-refractivity contribution in [1.82, 2.24) is 0 Å². The molecule has 4 rings (SSSR count). The van der Waals surface area contributed by atoms with Crippen LogP contribution in [-0.2, 0) is 29.2 Å². The molecule has 1 atom stereocenters. The summed E-state index contributed by atoms with van der Waals surface area (Å²) in [4.78, 5) is 0. The van der Waals surface area contributed by atoms with Crippen molar-refractivity contribution in [3.05, 3.63) is 69.8 Å². The second kappa shape index (κ2) is 8.95. The van der Waals surface area contributed by atoms with Crippen LogP contribution in [0.1, 0.15) is 58.2 Å². The number of allylic oxidation sites excluding steroid dienone is 4. The molecule has 2 aromatic carbocycles. The molecule has 147 valence electrons. The van der Waals surface area contributed by atoms with E-state index in [2.05, 4.69) is 77.9 Å². The fraction of sp³-hybridized carbons (Fsp3) is 0.320. The Morgan fingerprint density at radius 3 is 2.11 bits per heavy atom. The minimum Gasteiger partial charge on any atom is -0.147 e. The van der Waals surface area contributed by atoms with Crippen molar-refractivity contribution in [3.8, 4) is 11.1 Å². The maximum Gasteiger partial charge on any atom is -0.147 e. The van der Waals surface area contributed by atoms with Crippen LogP contribution in [0, 0.1) is 5.92 Å². The summed E-state index contributed by atoms with van der Waals surface area (Å²) in [7, 11) is 0. The Morgan fingerprint density at radius 1 is 0.857 bits per heavy atom.